The Balaban J connectivity index is 2.50. The fourth-order valence-corrected chi connectivity index (χ4v) is 3.07. The van der Waals surface area contributed by atoms with Gasteiger partial charge in [0.2, 0.25) is 0 Å². The van der Waals surface area contributed by atoms with E-state index >= 15 is 0 Å². The Morgan fingerprint density at radius 2 is 2.21 bits per heavy atom. The molecule has 1 aromatic carbocycles. The summed E-state index contributed by atoms with van der Waals surface area (Å²) in [6.07, 6.45) is 4.45. The van der Waals surface area contributed by atoms with E-state index < -0.39 is 0 Å². The van der Waals surface area contributed by atoms with Crippen LogP contribution in [-0.2, 0) is 5.41 Å². The van der Waals surface area contributed by atoms with Gasteiger partial charge >= 0.3 is 0 Å². The Morgan fingerprint density at radius 3 is 2.71 bits per heavy atom. The summed E-state index contributed by atoms with van der Waals surface area (Å²) >= 11 is 7.99. The standard InChI is InChI=1S/C11H14ClNS/c1-14-9-4-2-3-8(12)10(9)11(7-13)5-6-11/h2-4H,5-7,13H2,1H3. The summed E-state index contributed by atoms with van der Waals surface area (Å²) in [6, 6.07) is 6.10. The molecule has 1 aromatic rings. The van der Waals surface area contributed by atoms with Crippen LogP contribution in [0.5, 0.6) is 0 Å². The minimum Gasteiger partial charge on any atom is -0.330 e. The van der Waals surface area contributed by atoms with Gasteiger partial charge in [0, 0.05) is 21.9 Å². The summed E-state index contributed by atoms with van der Waals surface area (Å²) in [5, 5.41) is 0.875. The zero-order valence-corrected chi connectivity index (χ0v) is 9.79. The molecule has 2 rings (SSSR count). The molecular formula is C11H14ClNS. The molecule has 14 heavy (non-hydrogen) atoms. The second-order valence-electron chi connectivity index (χ2n) is 3.80. The van der Waals surface area contributed by atoms with Gasteiger partial charge in [-0.1, -0.05) is 17.7 Å². The third kappa shape index (κ3) is 1.56. The summed E-state index contributed by atoms with van der Waals surface area (Å²) in [4.78, 5) is 1.28. The predicted octanol–water partition coefficient (Wildman–Crippen LogP) is 3.05. The molecular weight excluding hydrogens is 214 g/mol. The smallest absolute Gasteiger partial charge is 0.0455 e. The SMILES string of the molecule is CSc1cccc(Cl)c1C1(CN)CC1. The zero-order chi connectivity index (χ0) is 10.2. The van der Waals surface area contributed by atoms with Crippen molar-refractivity contribution in [1.29, 1.82) is 0 Å². The molecule has 1 saturated carbocycles. The van der Waals surface area contributed by atoms with Gasteiger partial charge in [-0.25, -0.2) is 0 Å². The first-order valence-corrected chi connectivity index (χ1v) is 6.37. The number of rotatable bonds is 3. The highest BCUT2D eigenvalue weighted by molar-refractivity contribution is 7.98. The molecule has 0 bridgehead atoms. The number of hydrogen-bond acceptors (Lipinski definition) is 2. The molecule has 0 aromatic heterocycles. The van der Waals surface area contributed by atoms with Crippen molar-refractivity contribution in [2.75, 3.05) is 12.8 Å². The lowest BCUT2D eigenvalue weighted by atomic mass is 9.96. The van der Waals surface area contributed by atoms with Crippen LogP contribution in [0.25, 0.3) is 0 Å². The molecule has 1 aliphatic carbocycles. The molecule has 0 aliphatic heterocycles. The minimum absolute atomic E-state index is 0.191. The van der Waals surface area contributed by atoms with E-state index in [1.807, 2.05) is 12.1 Å². The van der Waals surface area contributed by atoms with Crippen LogP contribution in [0, 0.1) is 0 Å². The molecule has 76 valence electrons. The molecule has 1 nitrogen and oxygen atoms in total. The molecule has 0 amide bonds. The number of nitrogens with two attached hydrogens (primary N) is 1. The van der Waals surface area contributed by atoms with Crippen molar-refractivity contribution in [3.8, 4) is 0 Å². The normalized spacial score (nSPS) is 18.2. The molecule has 0 unspecified atom stereocenters. The molecule has 0 saturated heterocycles. The van der Waals surface area contributed by atoms with Gasteiger partial charge in [0.1, 0.15) is 0 Å². The maximum absolute atomic E-state index is 6.24. The maximum atomic E-state index is 6.24. The zero-order valence-electron chi connectivity index (χ0n) is 8.22. The Morgan fingerprint density at radius 1 is 1.50 bits per heavy atom. The molecule has 1 fully saturated rings. The Kier molecular flexibility index (Phi) is 2.78. The lowest BCUT2D eigenvalue weighted by Gasteiger charge is -2.18. The van der Waals surface area contributed by atoms with Crippen LogP contribution >= 0.6 is 23.4 Å². The average molecular weight is 228 g/mol. The van der Waals surface area contributed by atoms with Crippen LogP contribution < -0.4 is 5.73 Å². The van der Waals surface area contributed by atoms with Crippen molar-refractivity contribution in [2.24, 2.45) is 5.73 Å². The summed E-state index contributed by atoms with van der Waals surface area (Å²) in [6.45, 7) is 0.713. The number of halogens is 1. The highest BCUT2D eigenvalue weighted by Gasteiger charge is 2.45. The molecule has 0 atom stereocenters. The lowest BCUT2D eigenvalue weighted by Crippen LogP contribution is -2.20. The van der Waals surface area contributed by atoms with Gasteiger partial charge in [0.05, 0.1) is 0 Å². The predicted molar refractivity (Wildman–Crippen MR) is 63.2 cm³/mol. The van der Waals surface area contributed by atoms with Gasteiger partial charge in [-0.15, -0.1) is 11.8 Å². The van der Waals surface area contributed by atoms with E-state index in [2.05, 4.69) is 12.3 Å². The number of hydrogen-bond donors (Lipinski definition) is 1. The quantitative estimate of drug-likeness (QED) is 0.804. The third-order valence-electron chi connectivity index (χ3n) is 2.97. The van der Waals surface area contributed by atoms with Crippen molar-refractivity contribution >= 4 is 23.4 Å². The van der Waals surface area contributed by atoms with Crippen LogP contribution in [0.3, 0.4) is 0 Å². The first-order chi connectivity index (χ1) is 6.73. The first-order valence-electron chi connectivity index (χ1n) is 4.76. The van der Waals surface area contributed by atoms with Crippen molar-refractivity contribution in [2.45, 2.75) is 23.2 Å². The minimum atomic E-state index is 0.191. The third-order valence-corrected chi connectivity index (χ3v) is 4.06. The van der Waals surface area contributed by atoms with E-state index in [1.54, 1.807) is 11.8 Å². The van der Waals surface area contributed by atoms with Crippen LogP contribution in [0.15, 0.2) is 23.1 Å². The van der Waals surface area contributed by atoms with Crippen LogP contribution in [0.4, 0.5) is 0 Å². The summed E-state index contributed by atoms with van der Waals surface area (Å²) in [7, 11) is 0. The highest BCUT2D eigenvalue weighted by Crippen LogP contribution is 2.52. The van der Waals surface area contributed by atoms with Gasteiger partial charge in [-0.05, 0) is 36.8 Å². The second-order valence-corrected chi connectivity index (χ2v) is 5.06. The second kappa shape index (κ2) is 3.76. The fraction of sp³-hybridized carbons (Fsp3) is 0.455. The van der Waals surface area contributed by atoms with Gasteiger partial charge in [-0.2, -0.15) is 0 Å². The topological polar surface area (TPSA) is 26.0 Å². The van der Waals surface area contributed by atoms with Crippen molar-refractivity contribution in [3.63, 3.8) is 0 Å². The Hall–Kier alpha value is -0.180. The molecule has 0 spiro atoms. The van der Waals surface area contributed by atoms with Crippen molar-refractivity contribution in [3.05, 3.63) is 28.8 Å². The van der Waals surface area contributed by atoms with E-state index in [1.165, 1.54) is 23.3 Å². The number of thioether (sulfide) groups is 1. The Labute approximate surface area is 94.0 Å². The van der Waals surface area contributed by atoms with Gasteiger partial charge in [-0.3, -0.25) is 0 Å². The lowest BCUT2D eigenvalue weighted by molar-refractivity contribution is 0.690. The monoisotopic (exact) mass is 227 g/mol. The van der Waals surface area contributed by atoms with Crippen molar-refractivity contribution < 1.29 is 0 Å². The summed E-state index contributed by atoms with van der Waals surface area (Å²) < 4.78 is 0. The van der Waals surface area contributed by atoms with E-state index in [0.717, 1.165) is 5.02 Å². The molecule has 1 aliphatic rings. The molecule has 2 N–H and O–H groups in total. The fourth-order valence-electron chi connectivity index (χ4n) is 1.90. The molecule has 0 radical (unpaired) electrons. The van der Waals surface area contributed by atoms with E-state index in [4.69, 9.17) is 17.3 Å². The molecule has 0 heterocycles. The Bertz CT molecular complexity index is 347. The van der Waals surface area contributed by atoms with Gasteiger partial charge in [0.25, 0.3) is 0 Å². The summed E-state index contributed by atoms with van der Waals surface area (Å²) in [5.41, 5.74) is 7.29. The first kappa shape index (κ1) is 10.3. The van der Waals surface area contributed by atoms with Gasteiger partial charge < -0.3 is 5.73 Å². The van der Waals surface area contributed by atoms with Crippen LogP contribution in [0.2, 0.25) is 5.02 Å². The van der Waals surface area contributed by atoms with Crippen molar-refractivity contribution in [1.82, 2.24) is 0 Å². The van der Waals surface area contributed by atoms with Crippen LogP contribution in [-0.4, -0.2) is 12.8 Å². The van der Waals surface area contributed by atoms with E-state index in [-0.39, 0.29) is 5.41 Å². The van der Waals surface area contributed by atoms with Crippen LogP contribution in [0.1, 0.15) is 18.4 Å². The summed E-state index contributed by atoms with van der Waals surface area (Å²) in [5.74, 6) is 0. The largest absolute Gasteiger partial charge is 0.330 e. The van der Waals surface area contributed by atoms with E-state index in [0.29, 0.717) is 6.54 Å². The average Bonchev–Trinajstić information content (AvgIpc) is 2.98. The maximum Gasteiger partial charge on any atom is 0.0455 e. The number of benzene rings is 1. The highest BCUT2D eigenvalue weighted by atomic mass is 35.5. The van der Waals surface area contributed by atoms with Gasteiger partial charge in [0.15, 0.2) is 0 Å². The van der Waals surface area contributed by atoms with E-state index in [9.17, 15) is 0 Å². The molecule has 3 heteroatoms.